The number of anilines is 2. The first-order chi connectivity index (χ1) is 8.79. The molecule has 0 bridgehead atoms. The van der Waals surface area contributed by atoms with Gasteiger partial charge >= 0.3 is 0 Å². The molecule has 0 saturated heterocycles. The molecule has 0 saturated carbocycles. The minimum atomic E-state index is 0.408. The summed E-state index contributed by atoms with van der Waals surface area (Å²) in [4.78, 5) is 8.12. The third-order valence-electron chi connectivity index (χ3n) is 2.53. The first kappa shape index (κ1) is 12.3. The third-order valence-corrected chi connectivity index (χ3v) is 2.53. The molecule has 0 atom stereocenters. The van der Waals surface area contributed by atoms with E-state index in [0.717, 1.165) is 5.56 Å². The molecule has 3 N–H and O–H groups in total. The van der Waals surface area contributed by atoms with Gasteiger partial charge in [0.2, 0.25) is 0 Å². The number of nitrogens with one attached hydrogen (secondary N) is 1. The van der Waals surface area contributed by atoms with Crippen molar-refractivity contribution in [2.45, 2.75) is 13.2 Å². The van der Waals surface area contributed by atoms with Crippen molar-refractivity contribution >= 4 is 11.6 Å². The largest absolute Gasteiger partial charge is 0.382 e. The van der Waals surface area contributed by atoms with E-state index in [2.05, 4.69) is 21.4 Å². The Kier molecular flexibility index (Phi) is 4.09. The van der Waals surface area contributed by atoms with Gasteiger partial charge in [0.05, 0.1) is 19.0 Å². The van der Waals surface area contributed by atoms with Crippen LogP contribution in [0.2, 0.25) is 0 Å². The van der Waals surface area contributed by atoms with Gasteiger partial charge in [-0.05, 0) is 11.1 Å². The summed E-state index contributed by atoms with van der Waals surface area (Å²) in [7, 11) is 1.69. The van der Waals surface area contributed by atoms with Crippen molar-refractivity contribution in [2.24, 2.45) is 0 Å². The highest BCUT2D eigenvalue weighted by atomic mass is 16.5. The fraction of sp³-hybridized carbons (Fsp3) is 0.231. The zero-order chi connectivity index (χ0) is 12.8. The lowest BCUT2D eigenvalue weighted by Gasteiger charge is -2.10. The summed E-state index contributed by atoms with van der Waals surface area (Å²) in [5.74, 6) is 1.08. The van der Waals surface area contributed by atoms with Gasteiger partial charge in [-0.3, -0.25) is 4.98 Å². The predicted octanol–water partition coefficient (Wildman–Crippen LogP) is 1.82. The molecule has 0 aliphatic heterocycles. The van der Waals surface area contributed by atoms with Crippen LogP contribution in [0.25, 0.3) is 0 Å². The van der Waals surface area contributed by atoms with E-state index in [1.54, 1.807) is 13.3 Å². The Hall–Kier alpha value is -2.14. The van der Waals surface area contributed by atoms with Crippen LogP contribution in [0, 0.1) is 0 Å². The summed E-state index contributed by atoms with van der Waals surface area (Å²) in [5, 5.41) is 3.19. The lowest BCUT2D eigenvalue weighted by Crippen LogP contribution is -2.06. The lowest BCUT2D eigenvalue weighted by atomic mass is 10.1. The van der Waals surface area contributed by atoms with Crippen molar-refractivity contribution in [2.75, 3.05) is 18.2 Å². The maximum absolute atomic E-state index is 5.57. The molecule has 2 rings (SSSR count). The van der Waals surface area contributed by atoms with E-state index in [1.165, 1.54) is 11.8 Å². The second-order valence-corrected chi connectivity index (χ2v) is 3.88. The molecule has 5 nitrogen and oxygen atoms in total. The molecule has 5 heteroatoms. The molecule has 1 aromatic carbocycles. The number of benzene rings is 1. The summed E-state index contributed by atoms with van der Waals surface area (Å²) in [6.07, 6.45) is 3.17. The lowest BCUT2D eigenvalue weighted by molar-refractivity contribution is 0.184. The molecule has 94 valence electrons. The van der Waals surface area contributed by atoms with E-state index in [0.29, 0.717) is 24.8 Å². The van der Waals surface area contributed by atoms with Crippen LogP contribution in [-0.2, 0) is 17.9 Å². The highest BCUT2D eigenvalue weighted by molar-refractivity contribution is 5.40. The number of hydrogen-bond acceptors (Lipinski definition) is 5. The Balaban J connectivity index is 2.06. The van der Waals surface area contributed by atoms with Gasteiger partial charge in [0.25, 0.3) is 0 Å². The molecule has 0 aliphatic rings. The minimum absolute atomic E-state index is 0.408. The van der Waals surface area contributed by atoms with E-state index in [-0.39, 0.29) is 0 Å². The van der Waals surface area contributed by atoms with Gasteiger partial charge in [0, 0.05) is 13.7 Å². The standard InChI is InChI=1S/C13H16N4O/c1-18-9-11-5-3-2-4-10(11)6-16-13-8-15-7-12(14)17-13/h2-5,7-8H,6,9H2,1H3,(H3,14,16,17). The predicted molar refractivity (Wildman–Crippen MR) is 70.9 cm³/mol. The Morgan fingerprint density at radius 3 is 2.72 bits per heavy atom. The van der Waals surface area contributed by atoms with Crippen LogP contribution in [0.5, 0.6) is 0 Å². The van der Waals surface area contributed by atoms with Gasteiger partial charge in [-0.1, -0.05) is 24.3 Å². The van der Waals surface area contributed by atoms with Crippen molar-refractivity contribution < 1.29 is 4.74 Å². The number of methoxy groups -OCH3 is 1. The van der Waals surface area contributed by atoms with E-state index < -0.39 is 0 Å². The quantitative estimate of drug-likeness (QED) is 0.839. The maximum Gasteiger partial charge on any atom is 0.147 e. The molecule has 1 aromatic heterocycles. The maximum atomic E-state index is 5.57. The summed E-state index contributed by atoms with van der Waals surface area (Å²) in [6.45, 7) is 1.26. The number of aromatic nitrogens is 2. The Labute approximate surface area is 106 Å². The zero-order valence-electron chi connectivity index (χ0n) is 10.3. The van der Waals surface area contributed by atoms with Crippen LogP contribution in [0.15, 0.2) is 36.7 Å². The number of ether oxygens (including phenoxy) is 1. The van der Waals surface area contributed by atoms with E-state index in [4.69, 9.17) is 10.5 Å². The monoisotopic (exact) mass is 244 g/mol. The summed E-state index contributed by atoms with van der Waals surface area (Å²) in [6, 6.07) is 8.10. The summed E-state index contributed by atoms with van der Waals surface area (Å²) in [5.41, 5.74) is 7.90. The van der Waals surface area contributed by atoms with Gasteiger partial charge in [-0.2, -0.15) is 0 Å². The van der Waals surface area contributed by atoms with E-state index >= 15 is 0 Å². The van der Waals surface area contributed by atoms with E-state index in [1.807, 2.05) is 18.2 Å². The van der Waals surface area contributed by atoms with Crippen LogP contribution < -0.4 is 11.1 Å². The average molecular weight is 244 g/mol. The number of nitrogens with zero attached hydrogens (tertiary/aromatic N) is 2. The number of nitrogens with two attached hydrogens (primary N) is 1. The molecule has 1 heterocycles. The van der Waals surface area contributed by atoms with Gasteiger partial charge in [0.1, 0.15) is 11.6 Å². The van der Waals surface area contributed by atoms with Gasteiger partial charge in [-0.25, -0.2) is 4.98 Å². The highest BCUT2D eigenvalue weighted by Gasteiger charge is 2.02. The highest BCUT2D eigenvalue weighted by Crippen LogP contribution is 2.12. The molecular weight excluding hydrogens is 228 g/mol. The van der Waals surface area contributed by atoms with Crippen LogP contribution >= 0.6 is 0 Å². The number of nitrogen functional groups attached to an aromatic ring is 1. The Bertz CT molecular complexity index is 516. The van der Waals surface area contributed by atoms with E-state index in [9.17, 15) is 0 Å². The Morgan fingerprint density at radius 1 is 1.22 bits per heavy atom. The second kappa shape index (κ2) is 5.97. The molecule has 0 aliphatic carbocycles. The van der Waals surface area contributed by atoms with Crippen LogP contribution in [0.3, 0.4) is 0 Å². The summed E-state index contributed by atoms with van der Waals surface area (Å²) >= 11 is 0. The number of rotatable bonds is 5. The molecule has 0 unspecified atom stereocenters. The first-order valence-electron chi connectivity index (χ1n) is 5.66. The van der Waals surface area contributed by atoms with Crippen LogP contribution in [0.4, 0.5) is 11.6 Å². The second-order valence-electron chi connectivity index (χ2n) is 3.88. The van der Waals surface area contributed by atoms with Crippen molar-refractivity contribution in [1.82, 2.24) is 9.97 Å². The molecule has 0 radical (unpaired) electrons. The van der Waals surface area contributed by atoms with Gasteiger partial charge in [-0.15, -0.1) is 0 Å². The van der Waals surface area contributed by atoms with Crippen molar-refractivity contribution in [1.29, 1.82) is 0 Å². The normalized spacial score (nSPS) is 10.3. The van der Waals surface area contributed by atoms with Crippen LogP contribution in [-0.4, -0.2) is 17.1 Å². The topological polar surface area (TPSA) is 73.1 Å². The molecule has 0 spiro atoms. The van der Waals surface area contributed by atoms with Crippen molar-refractivity contribution in [3.63, 3.8) is 0 Å². The first-order valence-corrected chi connectivity index (χ1v) is 5.66. The molecule has 18 heavy (non-hydrogen) atoms. The van der Waals surface area contributed by atoms with Crippen LogP contribution in [0.1, 0.15) is 11.1 Å². The fourth-order valence-electron chi connectivity index (χ4n) is 1.68. The fourth-order valence-corrected chi connectivity index (χ4v) is 1.68. The molecular formula is C13H16N4O. The average Bonchev–Trinajstić information content (AvgIpc) is 2.38. The van der Waals surface area contributed by atoms with Gasteiger partial charge < -0.3 is 15.8 Å². The SMILES string of the molecule is COCc1ccccc1CNc1cncc(N)n1. The minimum Gasteiger partial charge on any atom is -0.382 e. The number of hydrogen-bond donors (Lipinski definition) is 2. The zero-order valence-corrected chi connectivity index (χ0v) is 10.3. The van der Waals surface area contributed by atoms with Gasteiger partial charge in [0.15, 0.2) is 0 Å². The molecule has 0 fully saturated rings. The van der Waals surface area contributed by atoms with Crippen molar-refractivity contribution in [3.05, 3.63) is 47.8 Å². The van der Waals surface area contributed by atoms with Crippen molar-refractivity contribution in [3.8, 4) is 0 Å². The molecule has 0 amide bonds. The Morgan fingerprint density at radius 2 is 2.00 bits per heavy atom. The smallest absolute Gasteiger partial charge is 0.147 e. The third kappa shape index (κ3) is 3.18. The summed E-state index contributed by atoms with van der Waals surface area (Å²) < 4.78 is 5.16. The molecule has 2 aromatic rings.